The van der Waals surface area contributed by atoms with Gasteiger partial charge in [0.05, 0.1) is 10.6 Å². The summed E-state index contributed by atoms with van der Waals surface area (Å²) in [6.45, 7) is 0. The lowest BCUT2D eigenvalue weighted by molar-refractivity contribution is 0.155. The average Bonchev–Trinajstić information content (AvgIpc) is 2.45. The van der Waals surface area contributed by atoms with E-state index in [4.69, 9.17) is 11.6 Å². The maximum atomic E-state index is 9.57. The summed E-state index contributed by atoms with van der Waals surface area (Å²) in [6, 6.07) is 1.85. The van der Waals surface area contributed by atoms with Gasteiger partial charge >= 0.3 is 0 Å². The van der Waals surface area contributed by atoms with Crippen molar-refractivity contribution < 1.29 is 5.11 Å². The van der Waals surface area contributed by atoms with Gasteiger partial charge in [-0.25, -0.2) is 0 Å². The molecule has 10 heavy (non-hydrogen) atoms. The van der Waals surface area contributed by atoms with E-state index < -0.39 is 5.60 Å². The Kier molecular flexibility index (Phi) is 1.31. The predicted molar refractivity (Wildman–Crippen MR) is 42.5 cm³/mol. The molecule has 1 heterocycles. The Morgan fingerprint density at radius 1 is 1.60 bits per heavy atom. The molecule has 1 aromatic heterocycles. The molecule has 0 radical (unpaired) electrons. The summed E-state index contributed by atoms with van der Waals surface area (Å²) >= 11 is 7.23. The van der Waals surface area contributed by atoms with Crippen molar-refractivity contribution in [1.29, 1.82) is 0 Å². The summed E-state index contributed by atoms with van der Waals surface area (Å²) in [7, 11) is 0. The van der Waals surface area contributed by atoms with Gasteiger partial charge in [0.1, 0.15) is 0 Å². The second kappa shape index (κ2) is 1.97. The fraction of sp³-hybridized carbons (Fsp3) is 0.429. The Hall–Kier alpha value is -0.0500. The van der Waals surface area contributed by atoms with Crippen LogP contribution in [0.15, 0.2) is 11.4 Å². The highest BCUT2D eigenvalue weighted by molar-refractivity contribution is 7.10. The average molecular weight is 175 g/mol. The van der Waals surface area contributed by atoms with Crippen LogP contribution < -0.4 is 0 Å². The van der Waals surface area contributed by atoms with Gasteiger partial charge in [0.25, 0.3) is 0 Å². The molecule has 54 valence electrons. The minimum absolute atomic E-state index is 0.502. The zero-order chi connectivity index (χ0) is 7.19. The molecule has 0 unspecified atom stereocenters. The highest BCUT2D eigenvalue weighted by Crippen LogP contribution is 2.48. The molecule has 0 bridgehead atoms. The Balaban J connectivity index is 2.34. The lowest BCUT2D eigenvalue weighted by Crippen LogP contribution is -1.99. The van der Waals surface area contributed by atoms with Crippen molar-refractivity contribution in [3.8, 4) is 0 Å². The van der Waals surface area contributed by atoms with Crippen molar-refractivity contribution in [1.82, 2.24) is 0 Å². The zero-order valence-corrected chi connectivity index (χ0v) is 6.87. The van der Waals surface area contributed by atoms with Crippen molar-refractivity contribution in [2.24, 2.45) is 0 Å². The molecule has 0 spiro atoms. The summed E-state index contributed by atoms with van der Waals surface area (Å²) in [5, 5.41) is 12.2. The van der Waals surface area contributed by atoms with Crippen molar-refractivity contribution in [2.45, 2.75) is 18.4 Å². The molecule has 2 rings (SSSR count). The molecule has 0 aromatic carbocycles. The van der Waals surface area contributed by atoms with Crippen LogP contribution in [0.2, 0.25) is 5.02 Å². The molecule has 1 aliphatic rings. The molecule has 0 saturated heterocycles. The van der Waals surface area contributed by atoms with E-state index in [1.54, 1.807) is 0 Å². The van der Waals surface area contributed by atoms with Crippen molar-refractivity contribution in [3.05, 3.63) is 21.3 Å². The Bertz CT molecular complexity index is 252. The molecule has 1 saturated carbocycles. The van der Waals surface area contributed by atoms with Gasteiger partial charge in [-0.2, -0.15) is 0 Å². The monoisotopic (exact) mass is 174 g/mol. The van der Waals surface area contributed by atoms with Crippen molar-refractivity contribution in [2.75, 3.05) is 0 Å². The first kappa shape index (κ1) is 6.65. The molecule has 1 aromatic rings. The highest BCUT2D eigenvalue weighted by atomic mass is 35.5. The van der Waals surface area contributed by atoms with Crippen LogP contribution in [0.1, 0.15) is 17.7 Å². The van der Waals surface area contributed by atoms with Gasteiger partial charge in [-0.05, 0) is 18.9 Å². The van der Waals surface area contributed by atoms with Crippen LogP contribution in [-0.4, -0.2) is 5.11 Å². The van der Waals surface area contributed by atoms with Gasteiger partial charge in [0, 0.05) is 10.3 Å². The molecular formula is C7H7ClOS. The molecule has 1 nitrogen and oxygen atoms in total. The minimum atomic E-state index is -0.502. The van der Waals surface area contributed by atoms with E-state index in [2.05, 4.69) is 0 Å². The van der Waals surface area contributed by atoms with E-state index in [-0.39, 0.29) is 0 Å². The SMILES string of the molecule is OC1(c2cc(Cl)cs2)CC1. The number of rotatable bonds is 1. The first-order chi connectivity index (χ1) is 4.71. The topological polar surface area (TPSA) is 20.2 Å². The second-order valence-corrected chi connectivity index (χ2v) is 4.01. The maximum absolute atomic E-state index is 9.57. The lowest BCUT2D eigenvalue weighted by Gasteiger charge is -2.00. The molecule has 1 fully saturated rings. The van der Waals surface area contributed by atoms with Crippen LogP contribution in [0, 0.1) is 0 Å². The van der Waals surface area contributed by atoms with Crippen LogP contribution in [0.5, 0.6) is 0 Å². The Morgan fingerprint density at radius 3 is 2.70 bits per heavy atom. The van der Waals surface area contributed by atoms with E-state index in [0.29, 0.717) is 0 Å². The molecule has 1 aliphatic carbocycles. The smallest absolute Gasteiger partial charge is 0.0990 e. The van der Waals surface area contributed by atoms with Crippen LogP contribution in [0.3, 0.4) is 0 Å². The summed E-state index contributed by atoms with van der Waals surface area (Å²) < 4.78 is 0. The number of hydrogen-bond donors (Lipinski definition) is 1. The number of hydrogen-bond acceptors (Lipinski definition) is 2. The number of halogens is 1. The number of aliphatic hydroxyl groups is 1. The molecule has 1 N–H and O–H groups in total. The summed E-state index contributed by atoms with van der Waals surface area (Å²) in [5.41, 5.74) is -0.502. The Morgan fingerprint density at radius 2 is 2.30 bits per heavy atom. The van der Waals surface area contributed by atoms with E-state index in [0.717, 1.165) is 22.7 Å². The minimum Gasteiger partial charge on any atom is -0.384 e. The van der Waals surface area contributed by atoms with Crippen molar-refractivity contribution >= 4 is 22.9 Å². The first-order valence-electron chi connectivity index (χ1n) is 3.18. The fourth-order valence-corrected chi connectivity index (χ4v) is 2.16. The molecule has 0 atom stereocenters. The summed E-state index contributed by atoms with van der Waals surface area (Å²) in [6.07, 6.45) is 1.79. The van der Waals surface area contributed by atoms with Gasteiger partial charge in [0.2, 0.25) is 0 Å². The lowest BCUT2D eigenvalue weighted by atomic mass is 10.3. The third kappa shape index (κ3) is 0.965. The maximum Gasteiger partial charge on any atom is 0.0990 e. The fourth-order valence-electron chi connectivity index (χ4n) is 0.922. The van der Waals surface area contributed by atoms with E-state index >= 15 is 0 Å². The second-order valence-electron chi connectivity index (χ2n) is 2.66. The Labute approximate surface area is 68.3 Å². The van der Waals surface area contributed by atoms with Crippen LogP contribution >= 0.6 is 22.9 Å². The van der Waals surface area contributed by atoms with Crippen molar-refractivity contribution in [3.63, 3.8) is 0 Å². The standard InChI is InChI=1S/C7H7ClOS/c8-5-3-6(10-4-5)7(9)1-2-7/h3-4,9H,1-2H2. The number of thiophene rings is 1. The van der Waals surface area contributed by atoms with E-state index in [1.807, 2.05) is 11.4 Å². The highest BCUT2D eigenvalue weighted by Gasteiger charge is 2.43. The zero-order valence-electron chi connectivity index (χ0n) is 5.30. The summed E-state index contributed by atoms with van der Waals surface area (Å²) in [5.74, 6) is 0. The molecular weight excluding hydrogens is 168 g/mol. The van der Waals surface area contributed by atoms with Crippen LogP contribution in [-0.2, 0) is 5.60 Å². The third-order valence-corrected chi connectivity index (χ3v) is 3.22. The van der Waals surface area contributed by atoms with E-state index in [1.165, 1.54) is 11.3 Å². The van der Waals surface area contributed by atoms with Crippen LogP contribution in [0.25, 0.3) is 0 Å². The molecule has 3 heteroatoms. The predicted octanol–water partition coefficient (Wildman–Crippen LogP) is 2.38. The van der Waals surface area contributed by atoms with Gasteiger partial charge in [-0.1, -0.05) is 11.6 Å². The van der Waals surface area contributed by atoms with Crippen LogP contribution in [0.4, 0.5) is 0 Å². The third-order valence-electron chi connectivity index (χ3n) is 1.75. The van der Waals surface area contributed by atoms with Gasteiger partial charge in [-0.3, -0.25) is 0 Å². The largest absolute Gasteiger partial charge is 0.384 e. The van der Waals surface area contributed by atoms with Gasteiger partial charge < -0.3 is 5.11 Å². The normalized spacial score (nSPS) is 21.0. The first-order valence-corrected chi connectivity index (χ1v) is 4.43. The summed E-state index contributed by atoms with van der Waals surface area (Å²) in [4.78, 5) is 1.01. The van der Waals surface area contributed by atoms with Gasteiger partial charge in [0.15, 0.2) is 0 Å². The molecule has 0 aliphatic heterocycles. The molecule has 0 amide bonds. The van der Waals surface area contributed by atoms with E-state index in [9.17, 15) is 5.11 Å². The quantitative estimate of drug-likeness (QED) is 0.693. The van der Waals surface area contributed by atoms with Gasteiger partial charge in [-0.15, -0.1) is 11.3 Å².